The first kappa shape index (κ1) is 17.6. The molecule has 0 amide bonds. The molecule has 0 rings (SSSR count). The SMILES string of the molecule is C=CCCCCC=C[Si](OCC)(OCC)OCC. The number of hydrogen-bond acceptors (Lipinski definition) is 3. The second kappa shape index (κ2) is 11.7. The monoisotopic (exact) mass is 272 g/mol. The molecule has 0 aromatic carbocycles. The highest BCUT2D eigenvalue weighted by Gasteiger charge is 2.37. The lowest BCUT2D eigenvalue weighted by molar-refractivity contribution is 0.0842. The molecule has 0 N–H and O–H groups in total. The van der Waals surface area contributed by atoms with Crippen LogP contribution in [-0.4, -0.2) is 28.6 Å². The summed E-state index contributed by atoms with van der Waals surface area (Å²) < 4.78 is 17.2. The number of rotatable bonds is 12. The summed E-state index contributed by atoms with van der Waals surface area (Å²) in [5.41, 5.74) is 2.03. The lowest BCUT2D eigenvalue weighted by atomic mass is 10.2. The van der Waals surface area contributed by atoms with Gasteiger partial charge in [-0.15, -0.1) is 6.58 Å². The van der Waals surface area contributed by atoms with Crippen LogP contribution in [0.3, 0.4) is 0 Å². The molecule has 0 aromatic rings. The molecule has 0 aromatic heterocycles. The Morgan fingerprint density at radius 3 is 1.83 bits per heavy atom. The minimum Gasteiger partial charge on any atom is -0.371 e. The van der Waals surface area contributed by atoms with Crippen molar-refractivity contribution < 1.29 is 13.3 Å². The summed E-state index contributed by atoms with van der Waals surface area (Å²) in [4.78, 5) is 0. The van der Waals surface area contributed by atoms with Gasteiger partial charge in [0.2, 0.25) is 0 Å². The van der Waals surface area contributed by atoms with Crippen LogP contribution in [0.1, 0.15) is 46.5 Å². The van der Waals surface area contributed by atoms with Crippen LogP contribution in [0.25, 0.3) is 0 Å². The lowest BCUT2D eigenvalue weighted by Gasteiger charge is -2.25. The largest absolute Gasteiger partial charge is 0.529 e. The van der Waals surface area contributed by atoms with E-state index in [4.69, 9.17) is 13.3 Å². The topological polar surface area (TPSA) is 27.7 Å². The summed E-state index contributed by atoms with van der Waals surface area (Å²) in [6, 6.07) is 0. The van der Waals surface area contributed by atoms with Gasteiger partial charge in [-0.3, -0.25) is 0 Å². The summed E-state index contributed by atoms with van der Waals surface area (Å²) in [6.45, 7) is 11.5. The molecule has 0 heterocycles. The average molecular weight is 272 g/mol. The first-order valence-electron chi connectivity index (χ1n) is 6.95. The lowest BCUT2D eigenvalue weighted by Crippen LogP contribution is -2.44. The molecule has 0 atom stereocenters. The van der Waals surface area contributed by atoms with E-state index < -0.39 is 8.80 Å². The third kappa shape index (κ3) is 7.82. The molecule has 0 aliphatic heterocycles. The molecule has 0 spiro atoms. The van der Waals surface area contributed by atoms with Gasteiger partial charge in [-0.05, 0) is 52.2 Å². The van der Waals surface area contributed by atoms with Crippen LogP contribution in [0.15, 0.2) is 24.4 Å². The van der Waals surface area contributed by atoms with E-state index in [-0.39, 0.29) is 0 Å². The second-order valence-electron chi connectivity index (χ2n) is 3.88. The van der Waals surface area contributed by atoms with Crippen molar-refractivity contribution >= 4 is 8.80 Å². The van der Waals surface area contributed by atoms with Crippen molar-refractivity contribution in [3.05, 3.63) is 24.4 Å². The minimum absolute atomic E-state index is 0.618. The molecule has 4 heteroatoms. The van der Waals surface area contributed by atoms with Gasteiger partial charge in [0.15, 0.2) is 0 Å². The third-order valence-corrected chi connectivity index (χ3v) is 5.10. The number of allylic oxidation sites excluding steroid dienone is 2. The second-order valence-corrected chi connectivity index (χ2v) is 6.28. The highest BCUT2D eigenvalue weighted by atomic mass is 28.4. The summed E-state index contributed by atoms with van der Waals surface area (Å²) in [7, 11) is -2.56. The summed E-state index contributed by atoms with van der Waals surface area (Å²) in [5.74, 6) is 0. The van der Waals surface area contributed by atoms with E-state index in [9.17, 15) is 0 Å². The molecule has 0 radical (unpaired) electrons. The van der Waals surface area contributed by atoms with Gasteiger partial charge in [0.05, 0.1) is 0 Å². The molecular formula is C14H28O3Si. The maximum Gasteiger partial charge on any atom is 0.529 e. The van der Waals surface area contributed by atoms with Gasteiger partial charge in [-0.2, -0.15) is 0 Å². The molecule has 106 valence electrons. The standard InChI is InChI=1S/C14H28O3Si/c1-5-9-10-11-12-13-14-18(15-6-2,16-7-3)17-8-4/h5,13-14H,1,6-12H2,2-4H3. The first-order valence-corrected chi connectivity index (χ1v) is 8.75. The van der Waals surface area contributed by atoms with Crippen LogP contribution in [0.5, 0.6) is 0 Å². The molecule has 0 aliphatic rings. The Morgan fingerprint density at radius 1 is 0.889 bits per heavy atom. The number of hydrogen-bond donors (Lipinski definition) is 0. The Labute approximate surface area is 113 Å². The van der Waals surface area contributed by atoms with Gasteiger partial charge in [-0.25, -0.2) is 0 Å². The summed E-state index contributed by atoms with van der Waals surface area (Å²) in [5, 5.41) is 0. The Bertz CT molecular complexity index is 212. The van der Waals surface area contributed by atoms with E-state index in [1.54, 1.807) is 0 Å². The van der Waals surface area contributed by atoms with Crippen molar-refractivity contribution in [1.82, 2.24) is 0 Å². The van der Waals surface area contributed by atoms with E-state index in [1.165, 1.54) is 6.42 Å². The highest BCUT2D eigenvalue weighted by Crippen LogP contribution is 2.13. The fourth-order valence-electron chi connectivity index (χ4n) is 1.65. The zero-order valence-electron chi connectivity index (χ0n) is 12.1. The summed E-state index contributed by atoms with van der Waals surface area (Å²) >= 11 is 0. The molecule has 0 aliphatic carbocycles. The Balaban J connectivity index is 4.26. The molecule has 0 unspecified atom stereocenters. The van der Waals surface area contributed by atoms with Crippen LogP contribution in [-0.2, 0) is 13.3 Å². The molecule has 18 heavy (non-hydrogen) atoms. The maximum atomic E-state index is 5.73. The molecule has 3 nitrogen and oxygen atoms in total. The van der Waals surface area contributed by atoms with Crippen molar-refractivity contribution in [3.63, 3.8) is 0 Å². The Kier molecular flexibility index (Phi) is 11.4. The maximum absolute atomic E-state index is 5.73. The normalized spacial score (nSPS) is 12.2. The van der Waals surface area contributed by atoms with Crippen LogP contribution < -0.4 is 0 Å². The Morgan fingerprint density at radius 2 is 1.39 bits per heavy atom. The predicted octanol–water partition coefficient (Wildman–Crippen LogP) is 3.88. The van der Waals surface area contributed by atoms with Crippen molar-refractivity contribution in [2.24, 2.45) is 0 Å². The zero-order valence-corrected chi connectivity index (χ0v) is 13.1. The van der Waals surface area contributed by atoms with E-state index in [0.29, 0.717) is 19.8 Å². The van der Waals surface area contributed by atoms with Gasteiger partial charge >= 0.3 is 8.80 Å². The van der Waals surface area contributed by atoms with Gasteiger partial charge < -0.3 is 13.3 Å². The van der Waals surface area contributed by atoms with E-state index in [1.807, 2.05) is 32.5 Å². The molecule has 0 bridgehead atoms. The van der Waals surface area contributed by atoms with Crippen molar-refractivity contribution in [1.29, 1.82) is 0 Å². The smallest absolute Gasteiger partial charge is 0.371 e. The van der Waals surface area contributed by atoms with Gasteiger partial charge in [0.25, 0.3) is 0 Å². The van der Waals surface area contributed by atoms with Gasteiger partial charge in [0, 0.05) is 19.8 Å². The van der Waals surface area contributed by atoms with Crippen LogP contribution in [0.4, 0.5) is 0 Å². The molecule has 0 saturated heterocycles. The quantitative estimate of drug-likeness (QED) is 0.306. The van der Waals surface area contributed by atoms with E-state index >= 15 is 0 Å². The fraction of sp³-hybridized carbons (Fsp3) is 0.714. The average Bonchev–Trinajstić information content (AvgIpc) is 2.35. The van der Waals surface area contributed by atoms with Crippen LogP contribution >= 0.6 is 0 Å². The molecular weight excluding hydrogens is 244 g/mol. The van der Waals surface area contributed by atoms with E-state index in [0.717, 1.165) is 19.3 Å². The van der Waals surface area contributed by atoms with Crippen LogP contribution in [0.2, 0.25) is 0 Å². The first-order chi connectivity index (χ1) is 8.74. The van der Waals surface area contributed by atoms with Crippen molar-refractivity contribution in [3.8, 4) is 0 Å². The zero-order chi connectivity index (χ0) is 13.7. The van der Waals surface area contributed by atoms with Crippen molar-refractivity contribution in [2.45, 2.75) is 46.5 Å². The minimum atomic E-state index is -2.56. The van der Waals surface area contributed by atoms with Crippen molar-refractivity contribution in [2.75, 3.05) is 19.8 Å². The predicted molar refractivity (Wildman–Crippen MR) is 78.4 cm³/mol. The Hall–Kier alpha value is -0.423. The van der Waals surface area contributed by atoms with Gasteiger partial charge in [0.1, 0.15) is 0 Å². The van der Waals surface area contributed by atoms with Crippen LogP contribution in [0, 0.1) is 0 Å². The molecule has 0 saturated carbocycles. The fourth-order valence-corrected chi connectivity index (χ4v) is 3.85. The third-order valence-electron chi connectivity index (χ3n) is 2.39. The molecule has 0 fully saturated rings. The van der Waals surface area contributed by atoms with Gasteiger partial charge in [-0.1, -0.05) is 12.2 Å². The number of unbranched alkanes of at least 4 members (excludes halogenated alkanes) is 3. The summed E-state index contributed by atoms with van der Waals surface area (Å²) in [6.07, 6.45) is 8.56. The highest BCUT2D eigenvalue weighted by molar-refractivity contribution is 6.66. The van der Waals surface area contributed by atoms with E-state index in [2.05, 4.69) is 12.7 Å².